The lowest BCUT2D eigenvalue weighted by Gasteiger charge is -2.04. The van der Waals surface area contributed by atoms with Crippen LogP contribution in [-0.2, 0) is 11.4 Å². The number of rotatable bonds is 8. The Morgan fingerprint density at radius 3 is 2.83 bits per heavy atom. The van der Waals surface area contributed by atoms with Gasteiger partial charge in [-0.25, -0.2) is 9.37 Å². The van der Waals surface area contributed by atoms with Gasteiger partial charge in [0.1, 0.15) is 5.82 Å². The molecule has 0 bridgehead atoms. The Hall–Kier alpha value is -2.25. The highest BCUT2D eigenvalue weighted by Crippen LogP contribution is 2.13. The van der Waals surface area contributed by atoms with Crippen LogP contribution in [0.25, 0.3) is 6.08 Å². The van der Waals surface area contributed by atoms with Crippen molar-refractivity contribution >= 4 is 17.8 Å². The van der Waals surface area contributed by atoms with Crippen LogP contribution in [0.3, 0.4) is 0 Å². The maximum Gasteiger partial charge on any atom is 0.209 e. The molecule has 0 radical (unpaired) electrons. The Balaban J connectivity index is 1.84. The molecule has 0 saturated heterocycles. The smallest absolute Gasteiger partial charge is 0.209 e. The van der Waals surface area contributed by atoms with Crippen molar-refractivity contribution in [2.75, 3.05) is 5.75 Å². The fourth-order valence-electron chi connectivity index (χ4n) is 1.59. The summed E-state index contributed by atoms with van der Waals surface area (Å²) in [7, 11) is 0. The molecule has 0 fully saturated rings. The van der Waals surface area contributed by atoms with Gasteiger partial charge in [-0.2, -0.15) is 5.10 Å². The van der Waals surface area contributed by atoms with Crippen molar-refractivity contribution in [3.8, 4) is 0 Å². The van der Waals surface area contributed by atoms with Gasteiger partial charge >= 0.3 is 0 Å². The molecule has 120 valence electrons. The summed E-state index contributed by atoms with van der Waals surface area (Å²) in [5, 5.41) is 8.67. The highest BCUT2D eigenvalue weighted by atomic mass is 32.2. The summed E-state index contributed by atoms with van der Waals surface area (Å²) in [4.78, 5) is 9.67. The Labute approximate surface area is 138 Å². The Morgan fingerprint density at radius 1 is 1.30 bits per heavy atom. The molecule has 1 aromatic carbocycles. The number of aromatic nitrogens is 3. The van der Waals surface area contributed by atoms with Gasteiger partial charge in [-0.05, 0) is 30.7 Å². The normalized spacial score (nSPS) is 10.9. The van der Waals surface area contributed by atoms with Crippen molar-refractivity contribution in [1.29, 1.82) is 0 Å². The largest absolute Gasteiger partial charge is 0.274 e. The van der Waals surface area contributed by atoms with E-state index in [2.05, 4.69) is 27.2 Å². The standard InChI is InChI=1S/C16H17FN4OS/c1-3-10-23-16-19-15(12(2)20-21-16)8-9-18-22-11-13-4-6-14(17)7-5-13/h3-9,18H,1,10-11H2,2H3. The topological polar surface area (TPSA) is 59.9 Å². The highest BCUT2D eigenvalue weighted by molar-refractivity contribution is 7.99. The lowest BCUT2D eigenvalue weighted by molar-refractivity contribution is 0.0581. The monoisotopic (exact) mass is 332 g/mol. The summed E-state index contributed by atoms with van der Waals surface area (Å²) < 4.78 is 12.8. The molecule has 2 aromatic rings. The first-order valence-corrected chi connectivity index (χ1v) is 7.91. The molecule has 1 heterocycles. The molecular weight excluding hydrogens is 315 g/mol. The highest BCUT2D eigenvalue weighted by Gasteiger charge is 2.02. The fraction of sp³-hybridized carbons (Fsp3) is 0.188. The maximum atomic E-state index is 12.8. The van der Waals surface area contributed by atoms with Crippen molar-refractivity contribution in [3.63, 3.8) is 0 Å². The third-order valence-corrected chi connectivity index (χ3v) is 3.58. The van der Waals surface area contributed by atoms with Gasteiger partial charge in [0, 0.05) is 12.0 Å². The van der Waals surface area contributed by atoms with E-state index in [4.69, 9.17) is 4.84 Å². The number of hydrogen-bond donors (Lipinski definition) is 1. The molecular formula is C16H17FN4OS. The van der Waals surface area contributed by atoms with Crippen molar-refractivity contribution in [2.24, 2.45) is 0 Å². The predicted molar refractivity (Wildman–Crippen MR) is 88.8 cm³/mol. The number of nitrogens with one attached hydrogen (secondary N) is 1. The van der Waals surface area contributed by atoms with E-state index in [1.165, 1.54) is 23.9 Å². The van der Waals surface area contributed by atoms with Crippen molar-refractivity contribution < 1.29 is 9.23 Å². The average Bonchev–Trinajstić information content (AvgIpc) is 2.56. The quantitative estimate of drug-likeness (QED) is 0.346. The van der Waals surface area contributed by atoms with Crippen LogP contribution in [0.4, 0.5) is 4.39 Å². The first kappa shape index (κ1) is 17.1. The third-order valence-electron chi connectivity index (χ3n) is 2.75. The van der Waals surface area contributed by atoms with E-state index in [-0.39, 0.29) is 5.82 Å². The number of nitrogens with zero attached hydrogens (tertiary/aromatic N) is 3. The third kappa shape index (κ3) is 5.80. The van der Waals surface area contributed by atoms with E-state index >= 15 is 0 Å². The average molecular weight is 332 g/mol. The Kier molecular flexibility index (Phi) is 6.71. The van der Waals surface area contributed by atoms with Crippen molar-refractivity contribution in [2.45, 2.75) is 18.7 Å². The van der Waals surface area contributed by atoms with E-state index in [0.717, 1.165) is 17.0 Å². The van der Waals surface area contributed by atoms with Crippen LogP contribution in [0.2, 0.25) is 0 Å². The van der Waals surface area contributed by atoms with Crippen LogP contribution in [0.5, 0.6) is 0 Å². The van der Waals surface area contributed by atoms with E-state index in [1.807, 2.05) is 6.92 Å². The number of aryl methyl sites for hydroxylation is 1. The van der Waals surface area contributed by atoms with E-state index in [9.17, 15) is 4.39 Å². The molecule has 0 aliphatic heterocycles. The fourth-order valence-corrected chi connectivity index (χ4v) is 2.12. The summed E-state index contributed by atoms with van der Waals surface area (Å²) in [6.45, 7) is 5.82. The predicted octanol–water partition coefficient (Wildman–Crippen LogP) is 3.29. The molecule has 0 atom stereocenters. The van der Waals surface area contributed by atoms with Crippen LogP contribution in [0.1, 0.15) is 17.0 Å². The Bertz CT molecular complexity index is 676. The first-order valence-electron chi connectivity index (χ1n) is 6.92. The van der Waals surface area contributed by atoms with Gasteiger partial charge in [0.2, 0.25) is 5.16 Å². The summed E-state index contributed by atoms with van der Waals surface area (Å²) >= 11 is 1.47. The zero-order chi connectivity index (χ0) is 16.5. The van der Waals surface area contributed by atoms with Crippen molar-refractivity contribution in [1.82, 2.24) is 20.7 Å². The molecule has 7 heteroatoms. The molecule has 0 aliphatic rings. The number of hydroxylamine groups is 1. The first-order chi connectivity index (χ1) is 11.2. The van der Waals surface area contributed by atoms with Gasteiger partial charge in [0.25, 0.3) is 0 Å². The molecule has 0 unspecified atom stereocenters. The SMILES string of the molecule is C=CCSc1nnc(C)c(C=CNOCc2ccc(F)cc2)n1. The van der Waals surface area contributed by atoms with Gasteiger partial charge < -0.3 is 0 Å². The number of halogens is 1. The summed E-state index contributed by atoms with van der Waals surface area (Å²) in [5.41, 5.74) is 5.01. The summed E-state index contributed by atoms with van der Waals surface area (Å²) in [5.74, 6) is 0.464. The Morgan fingerprint density at radius 2 is 2.09 bits per heavy atom. The second kappa shape index (κ2) is 9.02. The molecule has 0 amide bonds. The molecule has 0 aliphatic carbocycles. The maximum absolute atomic E-state index is 12.8. The number of thioether (sulfide) groups is 1. The zero-order valence-electron chi connectivity index (χ0n) is 12.7. The van der Waals surface area contributed by atoms with Crippen LogP contribution >= 0.6 is 11.8 Å². The van der Waals surface area contributed by atoms with E-state index in [0.29, 0.717) is 17.5 Å². The van der Waals surface area contributed by atoms with Gasteiger partial charge in [-0.1, -0.05) is 30.0 Å². The van der Waals surface area contributed by atoms with Crippen molar-refractivity contribution in [3.05, 3.63) is 65.9 Å². The molecule has 1 N–H and O–H groups in total. The second-order valence-electron chi connectivity index (χ2n) is 4.53. The van der Waals surface area contributed by atoms with Gasteiger partial charge in [-0.15, -0.1) is 11.7 Å². The van der Waals surface area contributed by atoms with E-state index < -0.39 is 0 Å². The second-order valence-corrected chi connectivity index (χ2v) is 5.52. The molecule has 2 rings (SSSR count). The lowest BCUT2D eigenvalue weighted by Crippen LogP contribution is -2.06. The molecule has 1 aromatic heterocycles. The molecule has 5 nitrogen and oxygen atoms in total. The molecule has 0 saturated carbocycles. The minimum atomic E-state index is -0.265. The van der Waals surface area contributed by atoms with E-state index in [1.54, 1.807) is 30.5 Å². The van der Waals surface area contributed by atoms with Gasteiger partial charge in [0.15, 0.2) is 0 Å². The molecule has 0 spiro atoms. The van der Waals surface area contributed by atoms with Crippen LogP contribution in [-0.4, -0.2) is 20.9 Å². The van der Waals surface area contributed by atoms with Crippen LogP contribution in [0, 0.1) is 12.7 Å². The summed E-state index contributed by atoms with van der Waals surface area (Å²) in [6, 6.07) is 6.13. The van der Waals surface area contributed by atoms with Crippen LogP contribution < -0.4 is 5.48 Å². The zero-order valence-corrected chi connectivity index (χ0v) is 13.5. The minimum Gasteiger partial charge on any atom is -0.274 e. The number of benzene rings is 1. The van der Waals surface area contributed by atoms with Gasteiger partial charge in [0.05, 0.1) is 18.0 Å². The lowest BCUT2D eigenvalue weighted by atomic mass is 10.2. The minimum absolute atomic E-state index is 0.265. The molecule has 23 heavy (non-hydrogen) atoms. The summed E-state index contributed by atoms with van der Waals surface area (Å²) in [6.07, 6.45) is 5.17. The van der Waals surface area contributed by atoms with Crippen LogP contribution in [0.15, 0.2) is 48.3 Å². The number of hydrogen-bond acceptors (Lipinski definition) is 6. The van der Waals surface area contributed by atoms with Gasteiger partial charge in [-0.3, -0.25) is 10.3 Å².